The minimum absolute atomic E-state index is 0.200. The van der Waals surface area contributed by atoms with Gasteiger partial charge in [0.15, 0.2) is 0 Å². The summed E-state index contributed by atoms with van der Waals surface area (Å²) < 4.78 is 25.1. The maximum Gasteiger partial charge on any atom is 0.253 e. The van der Waals surface area contributed by atoms with Gasteiger partial charge in [-0.25, -0.2) is 4.39 Å². The van der Waals surface area contributed by atoms with Crippen molar-refractivity contribution in [3.63, 3.8) is 0 Å². The molecule has 0 spiro atoms. The number of nitrogens with zero attached hydrogens (tertiary/aromatic N) is 3. The molecular weight excluding hydrogens is 359 g/mol. The second-order valence-electron chi connectivity index (χ2n) is 6.45. The number of hydrogen-bond donors (Lipinski definition) is 1. The van der Waals surface area contributed by atoms with Gasteiger partial charge in [0.1, 0.15) is 22.8 Å². The van der Waals surface area contributed by atoms with E-state index in [1.807, 2.05) is 37.3 Å². The molecule has 28 heavy (non-hydrogen) atoms. The number of benzene rings is 2. The van der Waals surface area contributed by atoms with Crippen molar-refractivity contribution in [2.24, 2.45) is 0 Å². The maximum absolute atomic E-state index is 13.9. The lowest BCUT2D eigenvalue weighted by atomic mass is 10.1. The lowest BCUT2D eigenvalue weighted by Crippen LogP contribution is -2.19. The second-order valence-corrected chi connectivity index (χ2v) is 6.45. The zero-order chi connectivity index (χ0) is 19.5. The van der Waals surface area contributed by atoms with Gasteiger partial charge in [0.05, 0.1) is 6.54 Å². The van der Waals surface area contributed by atoms with Crippen molar-refractivity contribution in [2.75, 3.05) is 0 Å². The summed E-state index contributed by atoms with van der Waals surface area (Å²) in [5, 5.41) is 15.6. The summed E-state index contributed by atoms with van der Waals surface area (Å²) in [7, 11) is 0. The first-order chi connectivity index (χ1) is 13.6. The topological polar surface area (TPSA) is 77.0 Å². The number of halogens is 1. The highest BCUT2D eigenvalue weighted by molar-refractivity contribution is 5.77. The van der Waals surface area contributed by atoms with Crippen LogP contribution in [0.15, 0.2) is 63.5 Å². The lowest BCUT2D eigenvalue weighted by Gasteiger charge is -2.13. The third-order valence-electron chi connectivity index (χ3n) is 4.52. The van der Waals surface area contributed by atoms with Gasteiger partial charge in [0.25, 0.3) is 5.89 Å². The Kier molecular flexibility index (Phi) is 4.99. The first kappa shape index (κ1) is 18.1. The van der Waals surface area contributed by atoms with E-state index in [-0.39, 0.29) is 11.9 Å². The van der Waals surface area contributed by atoms with Crippen LogP contribution in [-0.2, 0) is 6.54 Å². The van der Waals surface area contributed by atoms with E-state index in [2.05, 4.69) is 20.7 Å². The van der Waals surface area contributed by atoms with E-state index >= 15 is 0 Å². The molecule has 0 aliphatic carbocycles. The SMILES string of the molecule is Cc1onc(-c2ccccc2)c1-c1nnc(CNC(C)c2ccccc2F)o1. The average molecular weight is 378 g/mol. The molecule has 7 heteroatoms. The highest BCUT2D eigenvalue weighted by Gasteiger charge is 2.22. The van der Waals surface area contributed by atoms with Crippen LogP contribution in [-0.4, -0.2) is 15.4 Å². The minimum Gasteiger partial charge on any atom is -0.419 e. The second kappa shape index (κ2) is 7.74. The summed E-state index contributed by atoms with van der Waals surface area (Å²) in [4.78, 5) is 0. The molecule has 142 valence electrons. The van der Waals surface area contributed by atoms with Crippen LogP contribution in [0.4, 0.5) is 4.39 Å². The number of nitrogens with one attached hydrogen (secondary N) is 1. The largest absolute Gasteiger partial charge is 0.419 e. The van der Waals surface area contributed by atoms with E-state index in [0.717, 1.165) is 5.56 Å². The van der Waals surface area contributed by atoms with E-state index in [9.17, 15) is 4.39 Å². The zero-order valence-corrected chi connectivity index (χ0v) is 15.5. The molecule has 0 aliphatic heterocycles. The Morgan fingerprint density at radius 2 is 1.79 bits per heavy atom. The molecule has 6 nitrogen and oxygen atoms in total. The minimum atomic E-state index is -0.249. The first-order valence-corrected chi connectivity index (χ1v) is 8.95. The van der Waals surface area contributed by atoms with E-state index in [1.165, 1.54) is 6.07 Å². The van der Waals surface area contributed by atoms with Crippen LogP contribution < -0.4 is 5.32 Å². The van der Waals surface area contributed by atoms with E-state index in [0.29, 0.717) is 40.9 Å². The lowest BCUT2D eigenvalue weighted by molar-refractivity contribution is 0.399. The van der Waals surface area contributed by atoms with Gasteiger partial charge in [-0.15, -0.1) is 10.2 Å². The quantitative estimate of drug-likeness (QED) is 0.524. The summed E-state index contributed by atoms with van der Waals surface area (Å²) in [6.07, 6.45) is 0. The molecule has 0 bridgehead atoms. The molecule has 0 aliphatic rings. The highest BCUT2D eigenvalue weighted by Crippen LogP contribution is 2.33. The van der Waals surface area contributed by atoms with Crippen molar-refractivity contribution in [3.8, 4) is 22.7 Å². The molecule has 1 unspecified atom stereocenters. The molecule has 4 aromatic rings. The average Bonchev–Trinajstić information content (AvgIpc) is 3.33. The first-order valence-electron chi connectivity index (χ1n) is 8.95. The van der Waals surface area contributed by atoms with Gasteiger partial charge in [-0.1, -0.05) is 53.7 Å². The summed E-state index contributed by atoms with van der Waals surface area (Å²) in [6.45, 7) is 4.00. The Labute approximate surface area is 161 Å². The molecule has 0 saturated heterocycles. The van der Waals surface area contributed by atoms with Crippen LogP contribution in [0.25, 0.3) is 22.7 Å². The molecule has 2 aromatic heterocycles. The molecule has 1 N–H and O–H groups in total. The van der Waals surface area contributed by atoms with Gasteiger partial charge < -0.3 is 14.3 Å². The van der Waals surface area contributed by atoms with E-state index in [4.69, 9.17) is 8.94 Å². The van der Waals surface area contributed by atoms with Crippen LogP contribution in [0.5, 0.6) is 0 Å². The van der Waals surface area contributed by atoms with Crippen LogP contribution in [0, 0.1) is 12.7 Å². The van der Waals surface area contributed by atoms with Gasteiger partial charge in [-0.2, -0.15) is 0 Å². The van der Waals surface area contributed by atoms with Gasteiger partial charge >= 0.3 is 0 Å². The van der Waals surface area contributed by atoms with Crippen LogP contribution >= 0.6 is 0 Å². The number of rotatable bonds is 6. The summed E-state index contributed by atoms with van der Waals surface area (Å²) in [5.74, 6) is 1.09. The number of hydrogen-bond acceptors (Lipinski definition) is 6. The molecular formula is C21H19FN4O2. The summed E-state index contributed by atoms with van der Waals surface area (Å²) in [6, 6.07) is 16.1. The highest BCUT2D eigenvalue weighted by atomic mass is 19.1. The van der Waals surface area contributed by atoms with Crippen LogP contribution in [0.3, 0.4) is 0 Å². The Bertz CT molecular complexity index is 1070. The molecule has 0 amide bonds. The van der Waals surface area contributed by atoms with Crippen LogP contribution in [0.2, 0.25) is 0 Å². The van der Waals surface area contributed by atoms with Gasteiger partial charge in [0, 0.05) is 17.2 Å². The van der Waals surface area contributed by atoms with Gasteiger partial charge in [0.2, 0.25) is 5.89 Å². The van der Waals surface area contributed by atoms with Crippen molar-refractivity contribution >= 4 is 0 Å². The Hall–Kier alpha value is -3.32. The van der Waals surface area contributed by atoms with Crippen molar-refractivity contribution < 1.29 is 13.3 Å². The molecule has 0 saturated carbocycles. The molecule has 0 radical (unpaired) electrons. The van der Waals surface area contributed by atoms with Crippen molar-refractivity contribution in [2.45, 2.75) is 26.4 Å². The molecule has 0 fully saturated rings. The fourth-order valence-corrected chi connectivity index (χ4v) is 3.02. The van der Waals surface area contributed by atoms with Crippen LogP contribution in [0.1, 0.15) is 30.2 Å². The maximum atomic E-state index is 13.9. The predicted octanol–water partition coefficient (Wildman–Crippen LogP) is 4.69. The van der Waals surface area contributed by atoms with Gasteiger partial charge in [-0.05, 0) is 19.9 Å². The Morgan fingerprint density at radius 1 is 1.04 bits per heavy atom. The molecule has 1 atom stereocenters. The number of aromatic nitrogens is 3. The monoisotopic (exact) mass is 378 g/mol. The normalized spacial score (nSPS) is 12.2. The van der Waals surface area contributed by atoms with Crippen molar-refractivity contribution in [1.29, 1.82) is 0 Å². The third kappa shape index (κ3) is 3.57. The van der Waals surface area contributed by atoms with Crippen molar-refractivity contribution in [3.05, 3.63) is 77.6 Å². The molecule has 2 aromatic carbocycles. The third-order valence-corrected chi connectivity index (χ3v) is 4.52. The molecule has 4 rings (SSSR count). The Morgan fingerprint density at radius 3 is 2.57 bits per heavy atom. The van der Waals surface area contributed by atoms with E-state index in [1.54, 1.807) is 25.1 Å². The fraction of sp³-hybridized carbons (Fsp3) is 0.190. The standard InChI is InChI=1S/C21H19FN4O2/c1-13(16-10-6-7-11-17(16)22)23-12-18-24-25-21(27-18)19-14(2)28-26-20(19)15-8-4-3-5-9-15/h3-11,13,23H,12H2,1-2H3. The van der Waals surface area contributed by atoms with Gasteiger partial charge in [-0.3, -0.25) is 0 Å². The zero-order valence-electron chi connectivity index (χ0n) is 15.5. The smallest absolute Gasteiger partial charge is 0.253 e. The molecule has 2 heterocycles. The van der Waals surface area contributed by atoms with E-state index < -0.39 is 0 Å². The number of aryl methyl sites for hydroxylation is 1. The summed E-state index contributed by atoms with van der Waals surface area (Å²) >= 11 is 0. The Balaban J connectivity index is 1.53. The van der Waals surface area contributed by atoms with Crippen molar-refractivity contribution in [1.82, 2.24) is 20.7 Å². The predicted molar refractivity (Wildman–Crippen MR) is 102 cm³/mol. The summed E-state index contributed by atoms with van der Waals surface area (Å²) in [5.41, 5.74) is 2.82. The fourth-order valence-electron chi connectivity index (χ4n) is 3.02.